The zero-order valence-corrected chi connectivity index (χ0v) is 10.8. The second-order valence-electron chi connectivity index (χ2n) is 5.22. The lowest BCUT2D eigenvalue weighted by atomic mass is 10.1. The normalized spacial score (nSPS) is 16.3. The summed E-state index contributed by atoms with van der Waals surface area (Å²) >= 11 is 0. The first-order valence-electron chi connectivity index (χ1n) is 6.66. The average molecular weight is 241 g/mol. The Morgan fingerprint density at radius 2 is 2.06 bits per heavy atom. The molecular formula is C15H19N3. The molecule has 3 rings (SSSR count). The lowest BCUT2D eigenvalue weighted by Crippen LogP contribution is -2.04. The number of benzene rings is 1. The first kappa shape index (κ1) is 11.3. The highest BCUT2D eigenvalue weighted by atomic mass is 15.3. The van der Waals surface area contributed by atoms with E-state index in [2.05, 4.69) is 35.9 Å². The Labute approximate surface area is 108 Å². The summed E-state index contributed by atoms with van der Waals surface area (Å²) in [5.74, 6) is 0. The minimum Gasteiger partial charge on any atom is -0.396 e. The number of anilines is 1. The molecule has 1 saturated carbocycles. The van der Waals surface area contributed by atoms with E-state index in [1.807, 2.05) is 6.20 Å². The SMILES string of the molecule is Cc1cccc(-c2nn(C3CCCC3)cc2N)c1. The Kier molecular flexibility index (Phi) is 2.82. The number of nitrogens with two attached hydrogens (primary N) is 1. The van der Waals surface area contributed by atoms with Gasteiger partial charge in [0.15, 0.2) is 0 Å². The zero-order chi connectivity index (χ0) is 12.5. The summed E-state index contributed by atoms with van der Waals surface area (Å²) < 4.78 is 2.07. The van der Waals surface area contributed by atoms with Crippen LogP contribution in [0, 0.1) is 6.92 Å². The van der Waals surface area contributed by atoms with Crippen LogP contribution >= 0.6 is 0 Å². The number of hydrogen-bond acceptors (Lipinski definition) is 2. The Morgan fingerprint density at radius 3 is 2.78 bits per heavy atom. The second-order valence-corrected chi connectivity index (χ2v) is 5.22. The fraction of sp³-hybridized carbons (Fsp3) is 0.400. The van der Waals surface area contributed by atoms with Crippen molar-refractivity contribution in [1.82, 2.24) is 9.78 Å². The minimum absolute atomic E-state index is 0.547. The fourth-order valence-electron chi connectivity index (χ4n) is 2.78. The first-order chi connectivity index (χ1) is 8.74. The smallest absolute Gasteiger partial charge is 0.115 e. The summed E-state index contributed by atoms with van der Waals surface area (Å²) in [5, 5.41) is 4.69. The van der Waals surface area contributed by atoms with Gasteiger partial charge >= 0.3 is 0 Å². The van der Waals surface area contributed by atoms with E-state index < -0.39 is 0 Å². The Bertz CT molecular complexity index is 551. The molecule has 1 aliphatic carbocycles. The van der Waals surface area contributed by atoms with Crippen molar-refractivity contribution in [3.8, 4) is 11.3 Å². The predicted molar refractivity (Wildman–Crippen MR) is 74.3 cm³/mol. The van der Waals surface area contributed by atoms with E-state index in [1.54, 1.807) is 0 Å². The molecule has 3 heteroatoms. The third kappa shape index (κ3) is 2.01. The molecule has 94 valence electrons. The molecule has 1 aliphatic rings. The number of rotatable bonds is 2. The van der Waals surface area contributed by atoms with Gasteiger partial charge in [-0.25, -0.2) is 0 Å². The van der Waals surface area contributed by atoms with E-state index >= 15 is 0 Å². The van der Waals surface area contributed by atoms with Crippen LogP contribution in [-0.4, -0.2) is 9.78 Å². The molecule has 0 radical (unpaired) electrons. The molecule has 0 aliphatic heterocycles. The molecule has 0 amide bonds. The molecule has 2 aromatic rings. The molecule has 2 N–H and O–H groups in total. The maximum Gasteiger partial charge on any atom is 0.115 e. The maximum atomic E-state index is 6.11. The third-order valence-electron chi connectivity index (χ3n) is 3.75. The number of nitrogens with zero attached hydrogens (tertiary/aromatic N) is 2. The monoisotopic (exact) mass is 241 g/mol. The van der Waals surface area contributed by atoms with Gasteiger partial charge in [-0.05, 0) is 25.8 Å². The molecule has 0 atom stereocenters. The maximum absolute atomic E-state index is 6.11. The van der Waals surface area contributed by atoms with Crippen LogP contribution in [0.25, 0.3) is 11.3 Å². The van der Waals surface area contributed by atoms with Crippen LogP contribution in [-0.2, 0) is 0 Å². The molecule has 1 aromatic carbocycles. The van der Waals surface area contributed by atoms with Gasteiger partial charge in [-0.2, -0.15) is 5.10 Å². The van der Waals surface area contributed by atoms with Crippen molar-refractivity contribution in [2.45, 2.75) is 38.6 Å². The highest BCUT2D eigenvalue weighted by Crippen LogP contribution is 2.32. The Balaban J connectivity index is 1.97. The summed E-state index contributed by atoms with van der Waals surface area (Å²) in [6.45, 7) is 2.09. The molecular weight excluding hydrogens is 222 g/mol. The topological polar surface area (TPSA) is 43.8 Å². The van der Waals surface area contributed by atoms with Gasteiger partial charge < -0.3 is 5.73 Å². The number of aromatic nitrogens is 2. The predicted octanol–water partition coefficient (Wildman–Crippen LogP) is 3.56. The van der Waals surface area contributed by atoms with Gasteiger partial charge in [0.2, 0.25) is 0 Å². The van der Waals surface area contributed by atoms with Crippen LogP contribution in [0.3, 0.4) is 0 Å². The quantitative estimate of drug-likeness (QED) is 0.873. The highest BCUT2D eigenvalue weighted by molar-refractivity contribution is 5.72. The van der Waals surface area contributed by atoms with E-state index in [0.29, 0.717) is 6.04 Å². The van der Waals surface area contributed by atoms with Gasteiger partial charge in [0.05, 0.1) is 11.7 Å². The van der Waals surface area contributed by atoms with Crippen LogP contribution in [0.1, 0.15) is 37.3 Å². The van der Waals surface area contributed by atoms with Crippen LogP contribution in [0.15, 0.2) is 30.5 Å². The third-order valence-corrected chi connectivity index (χ3v) is 3.75. The summed E-state index contributed by atoms with van der Waals surface area (Å²) in [6, 6.07) is 8.90. The van der Waals surface area contributed by atoms with Crippen molar-refractivity contribution in [1.29, 1.82) is 0 Å². The van der Waals surface area contributed by atoms with Crippen LogP contribution in [0.2, 0.25) is 0 Å². The summed E-state index contributed by atoms with van der Waals surface area (Å²) in [4.78, 5) is 0. The molecule has 1 aromatic heterocycles. The zero-order valence-electron chi connectivity index (χ0n) is 10.8. The van der Waals surface area contributed by atoms with E-state index in [4.69, 9.17) is 10.8 Å². The summed E-state index contributed by atoms with van der Waals surface area (Å²) in [7, 11) is 0. The molecule has 0 bridgehead atoms. The summed E-state index contributed by atoms with van der Waals surface area (Å²) in [6.07, 6.45) is 7.07. The largest absolute Gasteiger partial charge is 0.396 e. The minimum atomic E-state index is 0.547. The van der Waals surface area contributed by atoms with Crippen LogP contribution in [0.5, 0.6) is 0 Å². The molecule has 1 heterocycles. The van der Waals surface area contributed by atoms with Crippen LogP contribution < -0.4 is 5.73 Å². The van der Waals surface area contributed by atoms with Crippen molar-refractivity contribution in [3.63, 3.8) is 0 Å². The van der Waals surface area contributed by atoms with Crippen molar-refractivity contribution in [2.75, 3.05) is 5.73 Å². The Hall–Kier alpha value is -1.77. The van der Waals surface area contributed by atoms with Crippen molar-refractivity contribution in [2.24, 2.45) is 0 Å². The van der Waals surface area contributed by atoms with Gasteiger partial charge in [-0.15, -0.1) is 0 Å². The van der Waals surface area contributed by atoms with Gasteiger partial charge in [-0.1, -0.05) is 36.6 Å². The van der Waals surface area contributed by atoms with Crippen molar-refractivity contribution < 1.29 is 0 Å². The first-order valence-corrected chi connectivity index (χ1v) is 6.66. The average Bonchev–Trinajstić information content (AvgIpc) is 2.97. The lowest BCUT2D eigenvalue weighted by Gasteiger charge is -2.08. The standard InChI is InChI=1S/C15H19N3/c1-11-5-4-6-12(9-11)15-14(16)10-18(17-15)13-7-2-3-8-13/h4-6,9-10,13H,2-3,7-8,16H2,1H3. The molecule has 0 unspecified atom stereocenters. The fourth-order valence-corrected chi connectivity index (χ4v) is 2.78. The van der Waals surface area contributed by atoms with Gasteiger partial charge in [0, 0.05) is 11.8 Å². The van der Waals surface area contributed by atoms with Crippen molar-refractivity contribution >= 4 is 5.69 Å². The van der Waals surface area contributed by atoms with Gasteiger partial charge in [0.1, 0.15) is 5.69 Å². The van der Waals surface area contributed by atoms with E-state index in [9.17, 15) is 0 Å². The molecule has 0 spiro atoms. The highest BCUT2D eigenvalue weighted by Gasteiger charge is 2.19. The Morgan fingerprint density at radius 1 is 1.28 bits per heavy atom. The molecule has 0 saturated heterocycles. The summed E-state index contributed by atoms with van der Waals surface area (Å²) in [5.41, 5.74) is 10.2. The van der Waals surface area contributed by atoms with Crippen LogP contribution in [0.4, 0.5) is 5.69 Å². The number of hydrogen-bond donors (Lipinski definition) is 1. The number of nitrogen functional groups attached to an aromatic ring is 1. The molecule has 3 nitrogen and oxygen atoms in total. The van der Waals surface area contributed by atoms with E-state index in [1.165, 1.54) is 31.2 Å². The van der Waals surface area contributed by atoms with E-state index in [-0.39, 0.29) is 0 Å². The van der Waals surface area contributed by atoms with Gasteiger partial charge in [-0.3, -0.25) is 4.68 Å². The van der Waals surface area contributed by atoms with E-state index in [0.717, 1.165) is 16.9 Å². The second kappa shape index (κ2) is 4.48. The number of aryl methyl sites for hydroxylation is 1. The molecule has 18 heavy (non-hydrogen) atoms. The lowest BCUT2D eigenvalue weighted by molar-refractivity contribution is 0.468. The van der Waals surface area contributed by atoms with Crippen molar-refractivity contribution in [3.05, 3.63) is 36.0 Å². The van der Waals surface area contributed by atoms with Gasteiger partial charge in [0.25, 0.3) is 0 Å². The molecule has 1 fully saturated rings.